The molecule has 1 aliphatic rings. The van der Waals surface area contributed by atoms with Crippen molar-refractivity contribution in [3.05, 3.63) is 45.7 Å². The highest BCUT2D eigenvalue weighted by Gasteiger charge is 2.31. The fourth-order valence-electron chi connectivity index (χ4n) is 2.72. The van der Waals surface area contributed by atoms with Gasteiger partial charge in [0.15, 0.2) is 0 Å². The number of fused-ring (bicyclic) bond motifs is 1. The van der Waals surface area contributed by atoms with Crippen LogP contribution >= 0.6 is 0 Å². The highest BCUT2D eigenvalue weighted by atomic mass is 16.5. The number of carbonyl (C=O) groups excluding carboxylic acids is 3. The fourth-order valence-corrected chi connectivity index (χ4v) is 2.72. The van der Waals surface area contributed by atoms with Gasteiger partial charge in [0.05, 0.1) is 29.6 Å². The molecule has 134 valence electrons. The molecule has 1 aliphatic heterocycles. The quantitative estimate of drug-likeness (QED) is 0.689. The molecule has 2 aromatic rings. The number of imide groups is 1. The molecule has 0 saturated carbocycles. The number of hydrogen-bond acceptors (Lipinski definition) is 6. The number of methoxy groups -OCH3 is 1. The van der Waals surface area contributed by atoms with Gasteiger partial charge in [-0.3, -0.25) is 29.1 Å². The molecule has 26 heavy (non-hydrogen) atoms. The van der Waals surface area contributed by atoms with Gasteiger partial charge in [0.2, 0.25) is 5.91 Å². The number of nitrogens with two attached hydrogens (primary N) is 1. The van der Waals surface area contributed by atoms with Gasteiger partial charge in [0.1, 0.15) is 11.6 Å². The van der Waals surface area contributed by atoms with E-state index in [1.165, 1.54) is 13.2 Å². The number of hydrogen-bond donors (Lipinski definition) is 3. The number of nitrogens with one attached hydrogen (secondary N) is 2. The van der Waals surface area contributed by atoms with Gasteiger partial charge in [-0.1, -0.05) is 6.92 Å². The number of ether oxygens (including phenoxy) is 1. The first kappa shape index (κ1) is 17.2. The van der Waals surface area contributed by atoms with Crippen molar-refractivity contribution < 1.29 is 19.1 Å². The molecule has 9 nitrogen and oxygen atoms in total. The summed E-state index contributed by atoms with van der Waals surface area (Å²) in [7, 11) is 1.45. The molecular formula is C17H16N4O5. The van der Waals surface area contributed by atoms with Crippen LogP contribution in [0.4, 0.5) is 11.5 Å². The summed E-state index contributed by atoms with van der Waals surface area (Å²) in [5.74, 6) is -1.32. The summed E-state index contributed by atoms with van der Waals surface area (Å²) in [6, 6.07) is 5.68. The van der Waals surface area contributed by atoms with Crippen molar-refractivity contribution in [2.24, 2.45) is 0 Å². The number of anilines is 2. The van der Waals surface area contributed by atoms with E-state index in [1.807, 2.05) is 0 Å². The van der Waals surface area contributed by atoms with Gasteiger partial charge >= 0.3 is 0 Å². The molecule has 3 amide bonds. The van der Waals surface area contributed by atoms with Crippen LogP contribution in [0.1, 0.15) is 34.1 Å². The summed E-state index contributed by atoms with van der Waals surface area (Å²) >= 11 is 0. The van der Waals surface area contributed by atoms with Crippen LogP contribution in [0, 0.1) is 0 Å². The second kappa shape index (κ2) is 6.36. The Balaban J connectivity index is 2.19. The number of nitrogen functional groups attached to an aromatic ring is 1. The number of benzene rings is 1. The number of pyridine rings is 1. The molecule has 0 spiro atoms. The maximum Gasteiger partial charge on any atom is 0.262 e. The van der Waals surface area contributed by atoms with Crippen molar-refractivity contribution >= 4 is 29.2 Å². The second-order valence-corrected chi connectivity index (χ2v) is 5.56. The van der Waals surface area contributed by atoms with Crippen LogP contribution in [0.2, 0.25) is 0 Å². The molecule has 9 heteroatoms. The van der Waals surface area contributed by atoms with E-state index in [1.54, 1.807) is 19.1 Å². The molecule has 2 heterocycles. The highest BCUT2D eigenvalue weighted by Crippen LogP contribution is 2.29. The van der Waals surface area contributed by atoms with E-state index in [9.17, 15) is 19.2 Å². The van der Waals surface area contributed by atoms with Crippen LogP contribution in [0.25, 0.3) is 5.69 Å². The summed E-state index contributed by atoms with van der Waals surface area (Å²) in [6.45, 7) is 1.70. The van der Waals surface area contributed by atoms with E-state index in [4.69, 9.17) is 10.5 Å². The summed E-state index contributed by atoms with van der Waals surface area (Å²) in [5, 5.41) is 4.78. The van der Waals surface area contributed by atoms with Gasteiger partial charge in [-0.15, -0.1) is 0 Å². The minimum atomic E-state index is -0.663. The Morgan fingerprint density at radius 1 is 1.23 bits per heavy atom. The zero-order chi connectivity index (χ0) is 19.0. The molecule has 0 unspecified atom stereocenters. The largest absolute Gasteiger partial charge is 0.495 e. The van der Waals surface area contributed by atoms with Crippen LogP contribution < -0.4 is 26.7 Å². The van der Waals surface area contributed by atoms with Crippen molar-refractivity contribution in [3.63, 3.8) is 0 Å². The fraction of sp³-hybridized carbons (Fsp3) is 0.176. The predicted octanol–water partition coefficient (Wildman–Crippen LogP) is 0.660. The minimum absolute atomic E-state index is 0.0513. The Labute approximate surface area is 147 Å². The number of aromatic nitrogens is 1. The summed E-state index contributed by atoms with van der Waals surface area (Å²) in [5.41, 5.74) is 5.98. The molecule has 1 aromatic heterocycles. The third kappa shape index (κ3) is 2.69. The SMILES string of the molecule is CCC(=O)Nc1cc(-n2c(N)c3c(cc2=O)C(=O)NC3=O)ccc1OC. The van der Waals surface area contributed by atoms with E-state index >= 15 is 0 Å². The topological polar surface area (TPSA) is 133 Å². The van der Waals surface area contributed by atoms with Crippen molar-refractivity contribution in [2.45, 2.75) is 13.3 Å². The van der Waals surface area contributed by atoms with Gasteiger partial charge in [0, 0.05) is 12.5 Å². The molecule has 0 saturated heterocycles. The Hall–Kier alpha value is -3.62. The highest BCUT2D eigenvalue weighted by molar-refractivity contribution is 6.23. The monoisotopic (exact) mass is 356 g/mol. The molecule has 0 radical (unpaired) electrons. The van der Waals surface area contributed by atoms with Crippen molar-refractivity contribution in [1.29, 1.82) is 0 Å². The first-order valence-electron chi connectivity index (χ1n) is 7.76. The first-order valence-corrected chi connectivity index (χ1v) is 7.76. The number of carbonyl (C=O) groups is 3. The number of nitrogens with zero attached hydrogens (tertiary/aromatic N) is 1. The van der Waals surface area contributed by atoms with E-state index in [0.29, 0.717) is 17.1 Å². The van der Waals surface area contributed by atoms with E-state index in [2.05, 4.69) is 10.6 Å². The van der Waals surface area contributed by atoms with Crippen LogP contribution in [0.3, 0.4) is 0 Å². The maximum absolute atomic E-state index is 12.5. The lowest BCUT2D eigenvalue weighted by molar-refractivity contribution is -0.115. The normalized spacial score (nSPS) is 12.5. The lowest BCUT2D eigenvalue weighted by atomic mass is 10.1. The molecule has 1 aromatic carbocycles. The van der Waals surface area contributed by atoms with Crippen molar-refractivity contribution in [3.8, 4) is 11.4 Å². The summed E-state index contributed by atoms with van der Waals surface area (Å²) < 4.78 is 6.30. The predicted molar refractivity (Wildman–Crippen MR) is 93.7 cm³/mol. The van der Waals surface area contributed by atoms with Crippen LogP contribution in [-0.4, -0.2) is 29.4 Å². The summed E-state index contributed by atoms with van der Waals surface area (Å²) in [4.78, 5) is 47.8. The van der Waals surface area contributed by atoms with E-state index < -0.39 is 17.4 Å². The second-order valence-electron chi connectivity index (χ2n) is 5.56. The standard InChI is InChI=1S/C17H16N4O5/c1-3-12(22)19-10-6-8(4-5-11(10)26-2)21-13(23)7-9-14(15(21)18)17(25)20-16(9)24/h4-7H,3,18H2,1-2H3,(H,19,22)(H,20,24,25). The molecule has 4 N–H and O–H groups in total. The molecule has 0 fully saturated rings. The van der Waals surface area contributed by atoms with Crippen molar-refractivity contribution in [1.82, 2.24) is 9.88 Å². The molecule has 3 rings (SSSR count). The van der Waals surface area contributed by atoms with Crippen LogP contribution in [0.5, 0.6) is 5.75 Å². The number of amides is 3. The smallest absolute Gasteiger partial charge is 0.262 e. The minimum Gasteiger partial charge on any atom is -0.495 e. The Bertz CT molecular complexity index is 1010. The lowest BCUT2D eigenvalue weighted by Crippen LogP contribution is -2.24. The Morgan fingerprint density at radius 3 is 2.62 bits per heavy atom. The van der Waals surface area contributed by atoms with Crippen molar-refractivity contribution in [2.75, 3.05) is 18.2 Å². The van der Waals surface area contributed by atoms with Gasteiger partial charge in [-0.05, 0) is 18.2 Å². The van der Waals surface area contributed by atoms with Crippen LogP contribution in [0.15, 0.2) is 29.1 Å². The third-order valence-corrected chi connectivity index (χ3v) is 3.99. The average Bonchev–Trinajstić information content (AvgIpc) is 2.89. The Kier molecular flexibility index (Phi) is 4.21. The van der Waals surface area contributed by atoms with E-state index in [0.717, 1.165) is 10.6 Å². The molecule has 0 atom stereocenters. The molecular weight excluding hydrogens is 340 g/mol. The Morgan fingerprint density at radius 2 is 1.96 bits per heavy atom. The van der Waals surface area contributed by atoms with Gasteiger partial charge in [0.25, 0.3) is 17.4 Å². The third-order valence-electron chi connectivity index (χ3n) is 3.99. The molecule has 0 aliphatic carbocycles. The maximum atomic E-state index is 12.5. The van der Waals surface area contributed by atoms with Gasteiger partial charge < -0.3 is 15.8 Å². The lowest BCUT2D eigenvalue weighted by Gasteiger charge is -2.15. The zero-order valence-electron chi connectivity index (χ0n) is 14.1. The molecule has 0 bridgehead atoms. The van der Waals surface area contributed by atoms with Gasteiger partial charge in [-0.2, -0.15) is 0 Å². The zero-order valence-corrected chi connectivity index (χ0v) is 14.1. The van der Waals surface area contributed by atoms with Gasteiger partial charge in [-0.25, -0.2) is 0 Å². The average molecular weight is 356 g/mol. The number of rotatable bonds is 4. The van der Waals surface area contributed by atoms with E-state index in [-0.39, 0.29) is 29.3 Å². The van der Waals surface area contributed by atoms with Crippen LogP contribution in [-0.2, 0) is 4.79 Å². The first-order chi connectivity index (χ1) is 12.4. The summed E-state index contributed by atoms with van der Waals surface area (Å²) in [6.07, 6.45) is 0.261.